The minimum absolute atomic E-state index is 0.234. The van der Waals surface area contributed by atoms with Crippen LogP contribution in [0.15, 0.2) is 40.5 Å². The molecule has 1 aromatic rings. The fraction of sp³-hybridized carbons (Fsp3) is 0.522. The van der Waals surface area contributed by atoms with Crippen molar-refractivity contribution in [3.63, 3.8) is 0 Å². The van der Waals surface area contributed by atoms with E-state index in [4.69, 9.17) is 26.1 Å². The van der Waals surface area contributed by atoms with Crippen molar-refractivity contribution in [1.29, 1.82) is 0 Å². The number of halogens is 1. The summed E-state index contributed by atoms with van der Waals surface area (Å²) in [5.74, 6) is -1.60. The predicted octanol–water partition coefficient (Wildman–Crippen LogP) is 4.34. The number of aliphatic imine (C=N–C) groups is 1. The highest BCUT2D eigenvalue weighted by Gasteiger charge is 2.46. The molecule has 2 atom stereocenters. The monoisotopic (exact) mass is 432 g/mol. The Morgan fingerprint density at radius 1 is 1.10 bits per heavy atom. The number of nitrogens with zero attached hydrogens (tertiary/aromatic N) is 2. The van der Waals surface area contributed by atoms with E-state index < -0.39 is 23.8 Å². The van der Waals surface area contributed by atoms with E-state index in [2.05, 4.69) is 4.90 Å². The molecule has 0 amide bonds. The van der Waals surface area contributed by atoms with Crippen LogP contribution in [0.1, 0.15) is 51.5 Å². The highest BCUT2D eigenvalue weighted by atomic mass is 35.5. The number of piperidine rings is 1. The lowest BCUT2D eigenvalue weighted by Crippen LogP contribution is -2.47. The second-order valence-corrected chi connectivity index (χ2v) is 7.87. The highest BCUT2D eigenvalue weighted by molar-refractivity contribution is 6.31. The molecule has 0 aliphatic carbocycles. The summed E-state index contributed by atoms with van der Waals surface area (Å²) in [6, 6.07) is 7.30. The van der Waals surface area contributed by atoms with E-state index in [0.29, 0.717) is 27.7 Å². The molecule has 1 saturated heterocycles. The molecular formula is C23H29ClN2O4. The molecule has 1 fully saturated rings. The summed E-state index contributed by atoms with van der Waals surface area (Å²) in [5.41, 5.74) is 1.62. The molecular weight excluding hydrogens is 404 g/mol. The Balaban J connectivity index is 2.20. The van der Waals surface area contributed by atoms with E-state index in [9.17, 15) is 9.59 Å². The van der Waals surface area contributed by atoms with Crippen LogP contribution in [0.2, 0.25) is 5.02 Å². The van der Waals surface area contributed by atoms with E-state index >= 15 is 0 Å². The van der Waals surface area contributed by atoms with Gasteiger partial charge in [0.2, 0.25) is 0 Å². The first-order valence-electron chi connectivity index (χ1n) is 10.6. The first-order chi connectivity index (χ1) is 14.5. The zero-order valence-corrected chi connectivity index (χ0v) is 18.6. The number of esters is 2. The Hall–Kier alpha value is -2.34. The van der Waals surface area contributed by atoms with Crippen molar-refractivity contribution in [3.8, 4) is 0 Å². The molecule has 0 bridgehead atoms. The Morgan fingerprint density at radius 3 is 2.40 bits per heavy atom. The van der Waals surface area contributed by atoms with Crippen molar-refractivity contribution in [1.82, 2.24) is 4.90 Å². The zero-order chi connectivity index (χ0) is 21.7. The summed E-state index contributed by atoms with van der Waals surface area (Å²) in [6.07, 6.45) is 3.24. The molecule has 0 N–H and O–H groups in total. The fourth-order valence-electron chi connectivity index (χ4n) is 4.25. The van der Waals surface area contributed by atoms with Gasteiger partial charge in [-0.3, -0.25) is 4.79 Å². The van der Waals surface area contributed by atoms with Crippen molar-refractivity contribution >= 4 is 29.4 Å². The Bertz CT molecular complexity index is 859. The Labute approximate surface area is 182 Å². The van der Waals surface area contributed by atoms with Gasteiger partial charge in [0, 0.05) is 24.0 Å². The van der Waals surface area contributed by atoms with Crippen LogP contribution in [0.25, 0.3) is 0 Å². The van der Waals surface area contributed by atoms with Crippen molar-refractivity contribution in [2.24, 2.45) is 10.9 Å². The maximum atomic E-state index is 13.2. The molecule has 2 aliphatic heterocycles. The first kappa shape index (κ1) is 22.3. The van der Waals surface area contributed by atoms with E-state index in [1.54, 1.807) is 26.8 Å². The topological polar surface area (TPSA) is 68.2 Å². The van der Waals surface area contributed by atoms with Gasteiger partial charge in [-0.1, -0.05) is 29.8 Å². The number of amidine groups is 1. The van der Waals surface area contributed by atoms with Gasteiger partial charge >= 0.3 is 11.9 Å². The number of carbonyl (C=O) groups excluding carboxylic acids is 2. The van der Waals surface area contributed by atoms with Crippen LogP contribution in [-0.2, 0) is 19.1 Å². The number of rotatable bonds is 5. The smallest absolute Gasteiger partial charge is 0.336 e. The molecule has 0 aromatic heterocycles. The van der Waals surface area contributed by atoms with Gasteiger partial charge in [-0.25, -0.2) is 9.79 Å². The van der Waals surface area contributed by atoms with Crippen LogP contribution >= 0.6 is 11.6 Å². The lowest BCUT2D eigenvalue weighted by atomic mass is 9.76. The molecule has 30 heavy (non-hydrogen) atoms. The SMILES string of the molecule is CCOC(=O)C1=C(C)N=C(N2CCCCC2)C(C(=O)OCC)C1c1ccccc1Cl. The Morgan fingerprint density at radius 2 is 1.77 bits per heavy atom. The minimum Gasteiger partial charge on any atom is -0.465 e. The van der Waals surface area contributed by atoms with Crippen LogP contribution in [0.4, 0.5) is 0 Å². The van der Waals surface area contributed by atoms with Gasteiger partial charge in [-0.2, -0.15) is 0 Å². The number of benzene rings is 1. The number of ether oxygens (including phenoxy) is 2. The molecule has 162 valence electrons. The highest BCUT2D eigenvalue weighted by Crippen LogP contribution is 2.43. The average molecular weight is 433 g/mol. The average Bonchev–Trinajstić information content (AvgIpc) is 2.74. The van der Waals surface area contributed by atoms with Crippen molar-refractivity contribution in [3.05, 3.63) is 46.1 Å². The normalized spacial score (nSPS) is 21.9. The van der Waals surface area contributed by atoms with Crippen molar-refractivity contribution in [2.75, 3.05) is 26.3 Å². The second kappa shape index (κ2) is 10.1. The maximum Gasteiger partial charge on any atom is 0.336 e. The summed E-state index contributed by atoms with van der Waals surface area (Å²) in [4.78, 5) is 33.1. The number of carbonyl (C=O) groups is 2. The lowest BCUT2D eigenvalue weighted by Gasteiger charge is -2.39. The maximum absolute atomic E-state index is 13.2. The van der Waals surface area contributed by atoms with Gasteiger partial charge in [0.05, 0.1) is 24.5 Å². The quantitative estimate of drug-likeness (QED) is 0.647. The standard InChI is InChI=1S/C23H29ClN2O4/c1-4-29-22(27)18-15(3)25-21(26-13-9-6-10-14-26)20(23(28)30-5-2)19(18)16-11-7-8-12-17(16)24/h7-8,11-12,19-20H,4-6,9-10,13-14H2,1-3H3. The molecule has 2 aliphatic rings. The number of likely N-dealkylation sites (tertiary alicyclic amines) is 1. The summed E-state index contributed by atoms with van der Waals surface area (Å²) >= 11 is 6.55. The van der Waals surface area contributed by atoms with Crippen LogP contribution in [0.3, 0.4) is 0 Å². The number of allylic oxidation sites excluding steroid dienone is 1. The number of hydrogen-bond acceptors (Lipinski definition) is 6. The first-order valence-corrected chi connectivity index (χ1v) is 11.0. The van der Waals surface area contributed by atoms with Gasteiger partial charge in [0.1, 0.15) is 11.8 Å². The third-order valence-corrected chi connectivity index (χ3v) is 5.89. The van der Waals surface area contributed by atoms with Gasteiger partial charge in [-0.15, -0.1) is 0 Å². The van der Waals surface area contributed by atoms with Crippen LogP contribution in [0, 0.1) is 5.92 Å². The molecule has 0 spiro atoms. The summed E-state index contributed by atoms with van der Waals surface area (Å²) in [6.45, 7) is 7.45. The minimum atomic E-state index is -0.758. The molecule has 6 nitrogen and oxygen atoms in total. The van der Waals surface area contributed by atoms with Crippen LogP contribution in [-0.4, -0.2) is 49.0 Å². The van der Waals surface area contributed by atoms with Gasteiger partial charge in [0.25, 0.3) is 0 Å². The third kappa shape index (κ3) is 4.53. The molecule has 2 heterocycles. The largest absolute Gasteiger partial charge is 0.465 e. The van der Waals surface area contributed by atoms with E-state index in [0.717, 1.165) is 32.4 Å². The van der Waals surface area contributed by atoms with Crippen molar-refractivity contribution in [2.45, 2.75) is 46.0 Å². The lowest BCUT2D eigenvalue weighted by molar-refractivity contribution is -0.146. The van der Waals surface area contributed by atoms with Crippen molar-refractivity contribution < 1.29 is 19.1 Å². The molecule has 2 unspecified atom stereocenters. The van der Waals surface area contributed by atoms with E-state index in [-0.39, 0.29) is 13.2 Å². The van der Waals surface area contributed by atoms with Gasteiger partial charge in [-0.05, 0) is 51.7 Å². The van der Waals surface area contributed by atoms with E-state index in [1.165, 1.54) is 0 Å². The Kier molecular flexibility index (Phi) is 7.53. The molecule has 7 heteroatoms. The summed E-state index contributed by atoms with van der Waals surface area (Å²) in [5, 5.41) is 0.492. The molecule has 0 radical (unpaired) electrons. The van der Waals surface area contributed by atoms with Crippen LogP contribution in [0.5, 0.6) is 0 Å². The summed E-state index contributed by atoms with van der Waals surface area (Å²) < 4.78 is 10.8. The second-order valence-electron chi connectivity index (χ2n) is 7.47. The third-order valence-electron chi connectivity index (χ3n) is 5.55. The zero-order valence-electron chi connectivity index (χ0n) is 17.8. The molecule has 1 aromatic carbocycles. The van der Waals surface area contributed by atoms with Crippen LogP contribution < -0.4 is 0 Å². The molecule has 0 saturated carbocycles. The van der Waals surface area contributed by atoms with E-state index in [1.807, 2.05) is 18.2 Å². The molecule has 3 rings (SSSR count). The van der Waals surface area contributed by atoms with Gasteiger partial charge in [0.15, 0.2) is 0 Å². The predicted molar refractivity (Wildman–Crippen MR) is 117 cm³/mol. The number of hydrogen-bond donors (Lipinski definition) is 0. The summed E-state index contributed by atoms with van der Waals surface area (Å²) in [7, 11) is 0. The fourth-order valence-corrected chi connectivity index (χ4v) is 4.51. The van der Waals surface area contributed by atoms with Gasteiger partial charge < -0.3 is 14.4 Å².